The highest BCUT2D eigenvalue weighted by Crippen LogP contribution is 2.25. The van der Waals surface area contributed by atoms with Crippen LogP contribution in [0.15, 0.2) is 36.5 Å². The lowest BCUT2D eigenvalue weighted by atomic mass is 10.1. The summed E-state index contributed by atoms with van der Waals surface area (Å²) in [6.45, 7) is 4.58. The molecule has 1 fully saturated rings. The molecule has 0 bridgehead atoms. The molecule has 0 aliphatic carbocycles. The normalized spacial score (nSPS) is 23.2. The van der Waals surface area contributed by atoms with Crippen LogP contribution in [0, 0.1) is 0 Å². The molecule has 1 aliphatic rings. The van der Waals surface area contributed by atoms with Crippen LogP contribution < -0.4 is 5.32 Å². The van der Waals surface area contributed by atoms with Crippen molar-refractivity contribution >= 4 is 22.7 Å². The lowest BCUT2D eigenvalue weighted by Gasteiger charge is -2.16. The summed E-state index contributed by atoms with van der Waals surface area (Å²) in [5.74, 6) is 1.32. The van der Waals surface area contributed by atoms with E-state index in [2.05, 4.69) is 65.1 Å². The van der Waals surface area contributed by atoms with Gasteiger partial charge >= 0.3 is 0 Å². The highest BCUT2D eigenvalue weighted by molar-refractivity contribution is 8.00. The number of para-hydroxylation sites is 1. The smallest absolute Gasteiger partial charge is 0.0480 e. The second kappa shape index (κ2) is 6.02. The minimum absolute atomic E-state index is 0.728. The van der Waals surface area contributed by atoms with Crippen LogP contribution in [0.5, 0.6) is 0 Å². The van der Waals surface area contributed by atoms with Gasteiger partial charge in [0.2, 0.25) is 0 Å². The zero-order valence-electron chi connectivity index (χ0n) is 11.5. The Balaban J connectivity index is 1.50. The summed E-state index contributed by atoms with van der Waals surface area (Å²) in [7, 11) is 0. The second-order valence-electron chi connectivity index (χ2n) is 5.35. The molecule has 0 spiro atoms. The summed E-state index contributed by atoms with van der Waals surface area (Å²) >= 11 is 2.10. The molecule has 1 aromatic carbocycles. The first-order valence-corrected chi connectivity index (χ1v) is 8.28. The van der Waals surface area contributed by atoms with Crippen LogP contribution >= 0.6 is 11.8 Å². The van der Waals surface area contributed by atoms with E-state index in [9.17, 15) is 0 Å². The van der Waals surface area contributed by atoms with Gasteiger partial charge in [0.1, 0.15) is 0 Å². The van der Waals surface area contributed by atoms with Gasteiger partial charge < -0.3 is 9.88 Å². The molecule has 3 heteroatoms. The molecule has 0 radical (unpaired) electrons. The maximum Gasteiger partial charge on any atom is 0.0480 e. The Bertz CT molecular complexity index is 534. The molecule has 1 aromatic heterocycles. The third-order valence-corrected chi connectivity index (χ3v) is 5.36. The van der Waals surface area contributed by atoms with Gasteiger partial charge in [-0.2, -0.15) is 11.8 Å². The predicted molar refractivity (Wildman–Crippen MR) is 84.9 cm³/mol. The molecule has 2 nitrogen and oxygen atoms in total. The summed E-state index contributed by atoms with van der Waals surface area (Å²) < 4.78 is 2.36. The number of aromatic nitrogens is 1. The molecule has 0 saturated carbocycles. The van der Waals surface area contributed by atoms with E-state index in [-0.39, 0.29) is 0 Å². The topological polar surface area (TPSA) is 17.0 Å². The van der Waals surface area contributed by atoms with Crippen molar-refractivity contribution in [2.45, 2.75) is 37.6 Å². The van der Waals surface area contributed by atoms with Crippen LogP contribution in [0.2, 0.25) is 0 Å². The Morgan fingerprint density at radius 2 is 2.21 bits per heavy atom. The Labute approximate surface area is 119 Å². The standard InChI is InChI=1S/C16H22N2S/c1-13-15(8-12-19-13)17-9-4-10-18-11-7-14-5-2-3-6-16(14)18/h2-3,5-7,11,13,15,17H,4,8-10,12H2,1H3. The SMILES string of the molecule is CC1SCCC1NCCCn1ccc2ccccc21. The second-order valence-corrected chi connectivity index (χ2v) is 6.83. The number of nitrogens with zero attached hydrogens (tertiary/aromatic N) is 1. The molecule has 1 saturated heterocycles. The quantitative estimate of drug-likeness (QED) is 0.840. The number of hydrogen-bond acceptors (Lipinski definition) is 2. The third kappa shape index (κ3) is 2.98. The number of benzene rings is 1. The number of fused-ring (bicyclic) bond motifs is 1. The van der Waals surface area contributed by atoms with E-state index >= 15 is 0 Å². The summed E-state index contributed by atoms with van der Waals surface area (Å²) in [5.41, 5.74) is 1.35. The summed E-state index contributed by atoms with van der Waals surface area (Å²) in [4.78, 5) is 0. The molecule has 2 atom stereocenters. The first kappa shape index (κ1) is 13.1. The van der Waals surface area contributed by atoms with E-state index in [1.165, 1.54) is 29.5 Å². The van der Waals surface area contributed by atoms with Crippen molar-refractivity contribution in [2.75, 3.05) is 12.3 Å². The van der Waals surface area contributed by atoms with Gasteiger partial charge in [-0.3, -0.25) is 0 Å². The van der Waals surface area contributed by atoms with Crippen molar-refractivity contribution in [3.63, 3.8) is 0 Å². The molecule has 3 rings (SSSR count). The van der Waals surface area contributed by atoms with Crippen molar-refractivity contribution in [3.8, 4) is 0 Å². The van der Waals surface area contributed by atoms with Crippen molar-refractivity contribution in [3.05, 3.63) is 36.5 Å². The Morgan fingerprint density at radius 1 is 1.32 bits per heavy atom. The van der Waals surface area contributed by atoms with Gasteiger partial charge in [0.25, 0.3) is 0 Å². The molecule has 0 amide bonds. The Morgan fingerprint density at radius 3 is 3.05 bits per heavy atom. The van der Waals surface area contributed by atoms with Crippen LogP contribution in [-0.4, -0.2) is 28.2 Å². The Hall–Kier alpha value is -0.930. The molecular weight excluding hydrogens is 252 g/mol. The van der Waals surface area contributed by atoms with Crippen molar-refractivity contribution in [2.24, 2.45) is 0 Å². The maximum absolute atomic E-state index is 3.71. The van der Waals surface area contributed by atoms with Crippen molar-refractivity contribution in [1.82, 2.24) is 9.88 Å². The van der Waals surface area contributed by atoms with Crippen LogP contribution in [0.25, 0.3) is 10.9 Å². The number of aryl methyl sites for hydroxylation is 1. The maximum atomic E-state index is 3.71. The molecule has 19 heavy (non-hydrogen) atoms. The van der Waals surface area contributed by atoms with Gasteiger partial charge in [0, 0.05) is 29.6 Å². The lowest BCUT2D eigenvalue weighted by molar-refractivity contribution is 0.490. The van der Waals surface area contributed by atoms with Gasteiger partial charge in [-0.25, -0.2) is 0 Å². The van der Waals surface area contributed by atoms with E-state index < -0.39 is 0 Å². The Kier molecular flexibility index (Phi) is 4.14. The lowest BCUT2D eigenvalue weighted by Crippen LogP contribution is -2.34. The molecule has 1 aliphatic heterocycles. The first-order chi connectivity index (χ1) is 9.34. The highest BCUT2D eigenvalue weighted by Gasteiger charge is 2.22. The van der Waals surface area contributed by atoms with Gasteiger partial charge in [0.15, 0.2) is 0 Å². The third-order valence-electron chi connectivity index (χ3n) is 4.04. The summed E-state index contributed by atoms with van der Waals surface area (Å²) in [6.07, 6.45) is 4.74. The van der Waals surface area contributed by atoms with E-state index in [1.54, 1.807) is 0 Å². The highest BCUT2D eigenvalue weighted by atomic mass is 32.2. The molecule has 102 valence electrons. The summed E-state index contributed by atoms with van der Waals surface area (Å²) in [6, 6.07) is 11.5. The molecule has 2 heterocycles. The van der Waals surface area contributed by atoms with E-state index in [4.69, 9.17) is 0 Å². The van der Waals surface area contributed by atoms with Crippen molar-refractivity contribution in [1.29, 1.82) is 0 Å². The minimum Gasteiger partial charge on any atom is -0.347 e. The molecule has 2 unspecified atom stereocenters. The number of rotatable bonds is 5. The average molecular weight is 274 g/mol. The molecule has 2 aromatic rings. The monoisotopic (exact) mass is 274 g/mol. The largest absolute Gasteiger partial charge is 0.347 e. The van der Waals surface area contributed by atoms with Gasteiger partial charge in [-0.1, -0.05) is 25.1 Å². The van der Waals surface area contributed by atoms with Crippen LogP contribution in [0.3, 0.4) is 0 Å². The number of thioether (sulfide) groups is 1. The fourth-order valence-electron chi connectivity index (χ4n) is 2.87. The van der Waals surface area contributed by atoms with E-state index in [1.807, 2.05) is 0 Å². The average Bonchev–Trinajstić information content (AvgIpc) is 3.02. The van der Waals surface area contributed by atoms with Crippen LogP contribution in [0.1, 0.15) is 19.8 Å². The zero-order valence-corrected chi connectivity index (χ0v) is 12.3. The zero-order chi connectivity index (χ0) is 13.1. The van der Waals surface area contributed by atoms with E-state index in [0.29, 0.717) is 0 Å². The summed E-state index contributed by atoms with van der Waals surface area (Å²) in [5, 5.41) is 5.84. The van der Waals surface area contributed by atoms with Gasteiger partial charge in [-0.15, -0.1) is 0 Å². The van der Waals surface area contributed by atoms with Crippen LogP contribution in [-0.2, 0) is 6.54 Å². The fourth-order valence-corrected chi connectivity index (χ4v) is 4.10. The number of hydrogen-bond donors (Lipinski definition) is 1. The van der Waals surface area contributed by atoms with Crippen LogP contribution in [0.4, 0.5) is 0 Å². The molecule has 1 N–H and O–H groups in total. The first-order valence-electron chi connectivity index (χ1n) is 7.23. The van der Waals surface area contributed by atoms with Crippen molar-refractivity contribution < 1.29 is 0 Å². The van der Waals surface area contributed by atoms with Gasteiger partial charge in [0.05, 0.1) is 0 Å². The van der Waals surface area contributed by atoms with E-state index in [0.717, 1.165) is 24.4 Å². The molecular formula is C16H22N2S. The minimum atomic E-state index is 0.728. The number of nitrogens with one attached hydrogen (secondary N) is 1. The van der Waals surface area contributed by atoms with Gasteiger partial charge in [-0.05, 0) is 42.7 Å². The predicted octanol–water partition coefficient (Wildman–Crippen LogP) is 3.52. The fraction of sp³-hybridized carbons (Fsp3) is 0.500.